The fourth-order valence-electron chi connectivity index (χ4n) is 4.04. The summed E-state index contributed by atoms with van der Waals surface area (Å²) in [6.07, 6.45) is 3.54. The van der Waals surface area contributed by atoms with Crippen molar-refractivity contribution in [2.24, 2.45) is 5.92 Å². The molecule has 0 bridgehead atoms. The molecule has 1 amide bonds. The van der Waals surface area contributed by atoms with Crippen LogP contribution < -0.4 is 0 Å². The van der Waals surface area contributed by atoms with E-state index < -0.39 is 21.4 Å². The second-order valence-corrected chi connectivity index (χ2v) is 11.2. The highest BCUT2D eigenvalue weighted by Crippen LogP contribution is 2.24. The van der Waals surface area contributed by atoms with E-state index in [1.165, 1.54) is 24.4 Å². The highest BCUT2D eigenvalue weighted by atomic mass is 32.2. The monoisotopic (exact) mass is 479 g/mol. The number of carbonyl (C=O) groups is 1. The number of hydrogen-bond acceptors (Lipinski definition) is 5. The summed E-state index contributed by atoms with van der Waals surface area (Å²) < 4.78 is 48.1. The molecule has 0 spiro atoms. The maximum absolute atomic E-state index is 14.2. The summed E-state index contributed by atoms with van der Waals surface area (Å²) >= 11 is 0. The predicted molar refractivity (Wildman–Crippen MR) is 124 cm³/mol. The van der Waals surface area contributed by atoms with E-state index in [1.54, 1.807) is 15.5 Å². The third-order valence-corrected chi connectivity index (χ3v) is 7.33. The molecule has 0 N–H and O–H groups in total. The van der Waals surface area contributed by atoms with Gasteiger partial charge in [-0.05, 0) is 38.7 Å². The van der Waals surface area contributed by atoms with Crippen molar-refractivity contribution in [1.82, 2.24) is 14.5 Å². The normalized spacial score (nSPS) is 16.6. The van der Waals surface area contributed by atoms with Gasteiger partial charge < -0.3 is 14.2 Å². The van der Waals surface area contributed by atoms with Gasteiger partial charge in [0.2, 0.25) is 20.9 Å². The molecule has 1 aromatic carbocycles. The molecule has 0 saturated carbocycles. The molecule has 1 fully saturated rings. The van der Waals surface area contributed by atoms with Crippen molar-refractivity contribution in [3.63, 3.8) is 0 Å². The Labute approximate surface area is 195 Å². The highest BCUT2D eigenvalue weighted by molar-refractivity contribution is 7.90. The minimum atomic E-state index is -3.93. The molecule has 1 aliphatic heterocycles. The number of ether oxygens (including phenoxy) is 1. The third-order valence-electron chi connectivity index (χ3n) is 5.75. The van der Waals surface area contributed by atoms with Gasteiger partial charge in [0.1, 0.15) is 5.82 Å². The Morgan fingerprint density at radius 2 is 2.00 bits per heavy atom. The molecule has 182 valence electrons. The number of amides is 1. The summed E-state index contributed by atoms with van der Waals surface area (Å²) in [5.74, 6) is -0.821. The molecular formula is C24H34FN3O4S. The van der Waals surface area contributed by atoms with Crippen molar-refractivity contribution < 1.29 is 22.3 Å². The topological polar surface area (TPSA) is 81.5 Å². The first-order valence-corrected chi connectivity index (χ1v) is 13.1. The van der Waals surface area contributed by atoms with Crippen molar-refractivity contribution in [2.75, 3.05) is 6.61 Å². The van der Waals surface area contributed by atoms with E-state index in [0.29, 0.717) is 25.3 Å². The SMILES string of the molecule is CC(C)CC(=O)N(Cc1cnc(S(=O)(=O)Cc2ccccc2F)n1C[C@@H]1CCCO1)C(C)C. The number of halogens is 1. The summed E-state index contributed by atoms with van der Waals surface area (Å²) in [7, 11) is -3.93. The van der Waals surface area contributed by atoms with Crippen LogP contribution in [0.25, 0.3) is 0 Å². The molecule has 1 aliphatic rings. The molecule has 0 aliphatic carbocycles. The standard InChI is InChI=1S/C24H34FN3O4S/c1-17(2)12-23(29)27(18(3)4)14-20-13-26-24(28(20)15-21-9-7-11-32-21)33(30,31)16-19-8-5-6-10-22(19)25/h5-6,8,10,13,17-18,21H,7,9,11-12,14-16H2,1-4H3/t21-/m0/s1. The average molecular weight is 480 g/mol. The highest BCUT2D eigenvalue weighted by Gasteiger charge is 2.29. The Morgan fingerprint density at radius 1 is 1.27 bits per heavy atom. The number of hydrogen-bond donors (Lipinski definition) is 0. The van der Waals surface area contributed by atoms with Gasteiger partial charge in [-0.25, -0.2) is 17.8 Å². The fraction of sp³-hybridized carbons (Fsp3) is 0.583. The summed E-state index contributed by atoms with van der Waals surface area (Å²) in [6.45, 7) is 9.07. The van der Waals surface area contributed by atoms with Crippen molar-refractivity contribution in [3.05, 3.63) is 47.5 Å². The minimum Gasteiger partial charge on any atom is -0.376 e. The summed E-state index contributed by atoms with van der Waals surface area (Å²) in [6, 6.07) is 5.79. The van der Waals surface area contributed by atoms with Crippen LogP contribution in [0, 0.1) is 11.7 Å². The Kier molecular flexibility index (Phi) is 8.28. The molecule has 1 atom stereocenters. The number of benzene rings is 1. The van der Waals surface area contributed by atoms with Crippen LogP contribution in [0.2, 0.25) is 0 Å². The quantitative estimate of drug-likeness (QED) is 0.515. The second-order valence-electron chi connectivity index (χ2n) is 9.34. The Balaban J connectivity index is 1.95. The molecule has 9 heteroatoms. The Hall–Kier alpha value is -2.26. The third kappa shape index (κ3) is 6.41. The van der Waals surface area contributed by atoms with Crippen LogP contribution in [0.4, 0.5) is 4.39 Å². The van der Waals surface area contributed by atoms with Crippen LogP contribution >= 0.6 is 0 Å². The number of carbonyl (C=O) groups excluding carboxylic acids is 1. The van der Waals surface area contributed by atoms with E-state index in [-0.39, 0.29) is 41.2 Å². The zero-order chi connectivity index (χ0) is 24.2. The zero-order valence-electron chi connectivity index (χ0n) is 19.8. The predicted octanol–water partition coefficient (Wildman–Crippen LogP) is 3.96. The van der Waals surface area contributed by atoms with Gasteiger partial charge in [0, 0.05) is 24.6 Å². The number of imidazole rings is 1. The lowest BCUT2D eigenvalue weighted by Gasteiger charge is -2.28. The first-order chi connectivity index (χ1) is 15.6. The lowest BCUT2D eigenvalue weighted by Crippen LogP contribution is -2.38. The van der Waals surface area contributed by atoms with E-state index in [4.69, 9.17) is 4.74 Å². The smallest absolute Gasteiger partial charge is 0.228 e. The molecule has 7 nitrogen and oxygen atoms in total. The lowest BCUT2D eigenvalue weighted by atomic mass is 10.1. The van der Waals surface area contributed by atoms with Crippen molar-refractivity contribution in [2.45, 2.75) is 83.1 Å². The van der Waals surface area contributed by atoms with E-state index >= 15 is 0 Å². The van der Waals surface area contributed by atoms with Gasteiger partial charge in [-0.2, -0.15) is 0 Å². The molecule has 2 heterocycles. The molecular weight excluding hydrogens is 445 g/mol. The van der Waals surface area contributed by atoms with E-state index in [2.05, 4.69) is 4.98 Å². The van der Waals surface area contributed by atoms with Gasteiger partial charge in [-0.15, -0.1) is 0 Å². The van der Waals surface area contributed by atoms with Crippen molar-refractivity contribution in [3.8, 4) is 0 Å². The number of aromatic nitrogens is 2. The van der Waals surface area contributed by atoms with Crippen molar-refractivity contribution in [1.29, 1.82) is 0 Å². The van der Waals surface area contributed by atoms with Gasteiger partial charge in [-0.3, -0.25) is 4.79 Å². The van der Waals surface area contributed by atoms with E-state index in [9.17, 15) is 17.6 Å². The summed E-state index contributed by atoms with van der Waals surface area (Å²) in [5, 5.41) is -0.115. The van der Waals surface area contributed by atoms with Crippen LogP contribution in [0.3, 0.4) is 0 Å². The molecule has 1 saturated heterocycles. The summed E-state index contributed by atoms with van der Waals surface area (Å²) in [5.41, 5.74) is 0.727. The average Bonchev–Trinajstić information content (AvgIpc) is 3.37. The van der Waals surface area contributed by atoms with Crippen LogP contribution in [0.1, 0.15) is 58.2 Å². The molecule has 2 aromatic rings. The number of sulfone groups is 1. The van der Waals surface area contributed by atoms with E-state index in [0.717, 1.165) is 12.8 Å². The molecule has 1 aromatic heterocycles. The minimum absolute atomic E-state index is 0.0145. The van der Waals surface area contributed by atoms with Gasteiger partial charge >= 0.3 is 0 Å². The van der Waals surface area contributed by atoms with Crippen LogP contribution in [-0.4, -0.2) is 47.5 Å². The van der Waals surface area contributed by atoms with Crippen LogP contribution in [0.5, 0.6) is 0 Å². The lowest BCUT2D eigenvalue weighted by molar-refractivity contribution is -0.134. The zero-order valence-corrected chi connectivity index (χ0v) is 20.6. The first-order valence-electron chi connectivity index (χ1n) is 11.5. The van der Waals surface area contributed by atoms with E-state index in [1.807, 2.05) is 27.7 Å². The first kappa shape index (κ1) is 25.4. The molecule has 33 heavy (non-hydrogen) atoms. The largest absolute Gasteiger partial charge is 0.376 e. The van der Waals surface area contributed by atoms with Crippen molar-refractivity contribution >= 4 is 15.7 Å². The molecule has 0 radical (unpaired) electrons. The van der Waals surface area contributed by atoms with Gasteiger partial charge in [0.15, 0.2) is 0 Å². The number of nitrogens with zero attached hydrogens (tertiary/aromatic N) is 3. The molecule has 3 rings (SSSR count). The molecule has 0 unspecified atom stereocenters. The fourth-order valence-corrected chi connectivity index (χ4v) is 5.55. The van der Waals surface area contributed by atoms with Gasteiger partial charge in [0.05, 0.1) is 36.8 Å². The maximum Gasteiger partial charge on any atom is 0.228 e. The number of rotatable bonds is 10. The Morgan fingerprint density at radius 3 is 2.61 bits per heavy atom. The van der Waals surface area contributed by atoms with Gasteiger partial charge in [-0.1, -0.05) is 32.0 Å². The maximum atomic E-state index is 14.2. The van der Waals surface area contributed by atoms with Crippen LogP contribution in [-0.2, 0) is 38.2 Å². The summed E-state index contributed by atoms with van der Waals surface area (Å²) in [4.78, 5) is 18.8. The van der Waals surface area contributed by atoms with Crippen LogP contribution in [0.15, 0.2) is 35.6 Å². The van der Waals surface area contributed by atoms with Gasteiger partial charge in [0.25, 0.3) is 0 Å². The Bertz CT molecular complexity index is 1060. The second kappa shape index (κ2) is 10.8.